The third-order valence-corrected chi connectivity index (χ3v) is 3.47. The summed E-state index contributed by atoms with van der Waals surface area (Å²) in [5.41, 5.74) is 6.44. The minimum atomic E-state index is -0.890. The van der Waals surface area contributed by atoms with Gasteiger partial charge in [0.1, 0.15) is 6.04 Å². The molecular weight excluding hydrogens is 280 g/mol. The monoisotopic (exact) mass is 296 g/mol. The van der Waals surface area contributed by atoms with Crippen molar-refractivity contribution in [1.82, 2.24) is 10.3 Å². The van der Waals surface area contributed by atoms with Crippen LogP contribution >= 0.6 is 0 Å². The van der Waals surface area contributed by atoms with Gasteiger partial charge in [0.25, 0.3) is 5.91 Å². The highest BCUT2D eigenvalue weighted by Crippen LogP contribution is 2.17. The van der Waals surface area contributed by atoms with Gasteiger partial charge in [-0.25, -0.2) is 0 Å². The molecule has 2 atom stereocenters. The lowest BCUT2D eigenvalue weighted by Gasteiger charge is -2.20. The van der Waals surface area contributed by atoms with E-state index in [1.54, 1.807) is 25.1 Å². The number of pyridine rings is 1. The van der Waals surface area contributed by atoms with Gasteiger partial charge in [0.05, 0.1) is 17.1 Å². The van der Waals surface area contributed by atoms with Gasteiger partial charge in [-0.05, 0) is 18.1 Å². The number of nitriles is 1. The van der Waals surface area contributed by atoms with E-state index in [0.29, 0.717) is 16.5 Å². The Kier molecular flexibility index (Phi) is 4.69. The molecule has 2 aromatic rings. The maximum absolute atomic E-state index is 12.5. The molecule has 1 aromatic heterocycles. The van der Waals surface area contributed by atoms with Crippen LogP contribution in [0.5, 0.6) is 0 Å². The van der Waals surface area contributed by atoms with Crippen LogP contribution in [0, 0.1) is 17.2 Å². The van der Waals surface area contributed by atoms with E-state index in [1.165, 1.54) is 6.20 Å². The van der Waals surface area contributed by atoms with Crippen molar-refractivity contribution in [3.63, 3.8) is 0 Å². The van der Waals surface area contributed by atoms with Crippen LogP contribution in [-0.4, -0.2) is 22.8 Å². The predicted molar refractivity (Wildman–Crippen MR) is 81.6 cm³/mol. The Morgan fingerprint density at radius 3 is 2.77 bits per heavy atom. The highest BCUT2D eigenvalue weighted by atomic mass is 16.2. The van der Waals surface area contributed by atoms with Crippen molar-refractivity contribution < 1.29 is 9.59 Å². The number of nitrogens with zero attached hydrogens (tertiary/aromatic N) is 2. The van der Waals surface area contributed by atoms with E-state index in [0.717, 1.165) is 0 Å². The number of primary amides is 1. The lowest BCUT2D eigenvalue weighted by Crippen LogP contribution is -2.48. The number of hydrogen-bond acceptors (Lipinski definition) is 4. The molecule has 22 heavy (non-hydrogen) atoms. The minimum Gasteiger partial charge on any atom is -0.368 e. The Hall–Kier alpha value is -2.94. The molecule has 0 fully saturated rings. The molecule has 0 bridgehead atoms. The Balaban J connectivity index is 2.30. The zero-order chi connectivity index (χ0) is 16.1. The smallest absolute Gasteiger partial charge is 0.252 e. The van der Waals surface area contributed by atoms with Gasteiger partial charge in [-0.15, -0.1) is 0 Å². The Bertz CT molecular complexity index is 746. The number of benzene rings is 1. The summed E-state index contributed by atoms with van der Waals surface area (Å²) in [5.74, 6) is -1.43. The fraction of sp³-hybridized carbons (Fsp3) is 0.250. The van der Waals surface area contributed by atoms with Gasteiger partial charge in [0.2, 0.25) is 5.91 Å². The van der Waals surface area contributed by atoms with E-state index < -0.39 is 17.9 Å². The fourth-order valence-electron chi connectivity index (χ4n) is 2.27. The number of para-hydroxylation sites is 1. The summed E-state index contributed by atoms with van der Waals surface area (Å²) in [6.07, 6.45) is 1.67. The standard InChI is InChI=1S/C16H16N4O2/c1-10(6-8-17)14(15(18)21)20-16(22)12-7-9-19-13-5-3-2-4-11(12)13/h2-5,7,9-10,14H,6H2,1H3,(H2,18,21)(H,20,22)/t10-,14-/m0/s1. The lowest BCUT2D eigenvalue weighted by molar-refractivity contribution is -0.120. The maximum atomic E-state index is 12.5. The fourth-order valence-corrected chi connectivity index (χ4v) is 2.27. The zero-order valence-corrected chi connectivity index (χ0v) is 12.1. The van der Waals surface area contributed by atoms with E-state index in [9.17, 15) is 9.59 Å². The number of nitrogens with one attached hydrogen (secondary N) is 1. The molecule has 0 saturated heterocycles. The summed E-state index contributed by atoms with van der Waals surface area (Å²) >= 11 is 0. The first-order valence-electron chi connectivity index (χ1n) is 6.85. The quantitative estimate of drug-likeness (QED) is 0.868. The van der Waals surface area contributed by atoms with Crippen molar-refractivity contribution in [3.8, 4) is 6.07 Å². The van der Waals surface area contributed by atoms with E-state index in [-0.39, 0.29) is 12.3 Å². The van der Waals surface area contributed by atoms with Crippen LogP contribution in [0.3, 0.4) is 0 Å². The number of aromatic nitrogens is 1. The van der Waals surface area contributed by atoms with Crippen LogP contribution < -0.4 is 11.1 Å². The van der Waals surface area contributed by atoms with E-state index in [4.69, 9.17) is 11.0 Å². The van der Waals surface area contributed by atoms with Gasteiger partial charge >= 0.3 is 0 Å². The van der Waals surface area contributed by atoms with Crippen molar-refractivity contribution in [1.29, 1.82) is 5.26 Å². The Morgan fingerprint density at radius 1 is 1.36 bits per heavy atom. The average molecular weight is 296 g/mol. The molecule has 2 amide bonds. The first-order valence-corrected chi connectivity index (χ1v) is 6.85. The molecule has 0 aliphatic rings. The second kappa shape index (κ2) is 6.68. The number of fused-ring (bicyclic) bond motifs is 1. The zero-order valence-electron chi connectivity index (χ0n) is 12.1. The van der Waals surface area contributed by atoms with Gasteiger partial charge < -0.3 is 11.1 Å². The van der Waals surface area contributed by atoms with Gasteiger partial charge in [-0.1, -0.05) is 25.1 Å². The molecule has 6 heteroatoms. The number of hydrogen-bond donors (Lipinski definition) is 2. The molecule has 112 valence electrons. The largest absolute Gasteiger partial charge is 0.368 e. The molecule has 0 aliphatic heterocycles. The summed E-state index contributed by atoms with van der Waals surface area (Å²) in [7, 11) is 0. The van der Waals surface area contributed by atoms with E-state index >= 15 is 0 Å². The third-order valence-electron chi connectivity index (χ3n) is 3.47. The van der Waals surface area contributed by atoms with Crippen LogP contribution in [0.2, 0.25) is 0 Å². The average Bonchev–Trinajstić information content (AvgIpc) is 2.51. The van der Waals surface area contributed by atoms with Crippen molar-refractivity contribution in [2.24, 2.45) is 11.7 Å². The molecule has 0 saturated carbocycles. The molecule has 3 N–H and O–H groups in total. The van der Waals surface area contributed by atoms with Gasteiger partial charge in [-0.3, -0.25) is 14.6 Å². The van der Waals surface area contributed by atoms with Crippen LogP contribution in [-0.2, 0) is 4.79 Å². The Labute approximate surface area is 127 Å². The van der Waals surface area contributed by atoms with Crippen molar-refractivity contribution in [2.75, 3.05) is 0 Å². The van der Waals surface area contributed by atoms with Crippen LogP contribution in [0.1, 0.15) is 23.7 Å². The topological polar surface area (TPSA) is 109 Å². The molecule has 2 rings (SSSR count). The molecule has 0 radical (unpaired) electrons. The normalized spacial score (nSPS) is 13.1. The lowest BCUT2D eigenvalue weighted by atomic mass is 9.97. The minimum absolute atomic E-state index is 0.130. The first-order chi connectivity index (χ1) is 10.5. The molecule has 0 unspecified atom stereocenters. The summed E-state index contributed by atoms with van der Waals surface area (Å²) < 4.78 is 0. The molecular formula is C16H16N4O2. The number of nitrogens with two attached hydrogens (primary N) is 1. The summed E-state index contributed by atoms with van der Waals surface area (Å²) in [4.78, 5) is 28.2. The van der Waals surface area contributed by atoms with Crippen LogP contribution in [0.15, 0.2) is 36.5 Å². The van der Waals surface area contributed by atoms with Gasteiger partial charge in [-0.2, -0.15) is 5.26 Å². The first kappa shape index (κ1) is 15.4. The van der Waals surface area contributed by atoms with E-state index in [2.05, 4.69) is 10.3 Å². The SMILES string of the molecule is C[C@@H](CC#N)[C@H](NC(=O)c1ccnc2ccccc12)C(N)=O. The van der Waals surface area contributed by atoms with Crippen LogP contribution in [0.4, 0.5) is 0 Å². The van der Waals surface area contributed by atoms with E-state index in [1.807, 2.05) is 18.2 Å². The molecule has 1 aromatic carbocycles. The third kappa shape index (κ3) is 3.20. The number of amides is 2. The second-order valence-electron chi connectivity index (χ2n) is 5.07. The van der Waals surface area contributed by atoms with Crippen molar-refractivity contribution in [3.05, 3.63) is 42.1 Å². The summed E-state index contributed by atoms with van der Waals surface area (Å²) in [5, 5.41) is 12.0. The highest BCUT2D eigenvalue weighted by molar-refractivity contribution is 6.07. The second-order valence-corrected chi connectivity index (χ2v) is 5.07. The van der Waals surface area contributed by atoms with Gasteiger partial charge in [0, 0.05) is 18.0 Å². The van der Waals surface area contributed by atoms with Crippen LogP contribution in [0.25, 0.3) is 10.9 Å². The number of carbonyl (C=O) groups excluding carboxylic acids is 2. The Morgan fingerprint density at radius 2 is 2.09 bits per heavy atom. The number of rotatable bonds is 5. The molecule has 0 aliphatic carbocycles. The van der Waals surface area contributed by atoms with Crippen molar-refractivity contribution >= 4 is 22.7 Å². The predicted octanol–water partition coefficient (Wildman–Crippen LogP) is 1.37. The molecule has 0 spiro atoms. The number of carbonyl (C=O) groups is 2. The molecule has 6 nitrogen and oxygen atoms in total. The molecule has 1 heterocycles. The van der Waals surface area contributed by atoms with Crippen molar-refractivity contribution in [2.45, 2.75) is 19.4 Å². The van der Waals surface area contributed by atoms with Gasteiger partial charge in [0.15, 0.2) is 0 Å². The summed E-state index contributed by atoms with van der Waals surface area (Å²) in [6, 6.07) is 9.90. The summed E-state index contributed by atoms with van der Waals surface area (Å²) in [6.45, 7) is 1.70. The highest BCUT2D eigenvalue weighted by Gasteiger charge is 2.25. The maximum Gasteiger partial charge on any atom is 0.252 e.